The van der Waals surface area contributed by atoms with E-state index in [0.29, 0.717) is 5.25 Å². The van der Waals surface area contributed by atoms with Crippen LogP contribution in [0.25, 0.3) is 0 Å². The molecule has 2 heterocycles. The van der Waals surface area contributed by atoms with E-state index >= 15 is 0 Å². The fraction of sp³-hybridized carbons (Fsp3) is 0.222. The summed E-state index contributed by atoms with van der Waals surface area (Å²) in [6.07, 6.45) is 1.98. The highest BCUT2D eigenvalue weighted by Crippen LogP contribution is 2.41. The van der Waals surface area contributed by atoms with Crippen LogP contribution in [-0.2, 0) is 13.0 Å². The molecule has 0 unspecified atom stereocenters. The predicted molar refractivity (Wildman–Crippen MR) is 88.9 cm³/mol. The van der Waals surface area contributed by atoms with Crippen LogP contribution in [0.5, 0.6) is 0 Å². The van der Waals surface area contributed by atoms with Gasteiger partial charge in [-0.3, -0.25) is 0 Å². The molecule has 0 radical (unpaired) electrons. The van der Waals surface area contributed by atoms with E-state index in [1.807, 2.05) is 17.8 Å². The average molecular weight is 307 g/mol. The smallest absolute Gasteiger partial charge is 0.191 e. The summed E-state index contributed by atoms with van der Waals surface area (Å²) in [5.41, 5.74) is 2.67. The molecule has 3 aromatic rings. The Balaban J connectivity index is 1.55. The first kappa shape index (κ1) is 13.6. The molecule has 0 bridgehead atoms. The van der Waals surface area contributed by atoms with Crippen LogP contribution < -0.4 is 0 Å². The maximum Gasteiger partial charge on any atom is 0.191 e. The van der Waals surface area contributed by atoms with Gasteiger partial charge in [0.2, 0.25) is 0 Å². The van der Waals surface area contributed by atoms with Crippen LogP contribution in [0.15, 0.2) is 65.8 Å². The number of rotatable bonds is 3. The van der Waals surface area contributed by atoms with E-state index in [-0.39, 0.29) is 0 Å². The zero-order valence-corrected chi connectivity index (χ0v) is 13.0. The lowest BCUT2D eigenvalue weighted by Gasteiger charge is -2.23. The monoisotopic (exact) mass is 307 g/mol. The number of aromatic nitrogens is 3. The van der Waals surface area contributed by atoms with Crippen molar-refractivity contribution in [2.45, 2.75) is 29.8 Å². The molecular formula is C18H17N3S. The van der Waals surface area contributed by atoms with E-state index in [1.165, 1.54) is 11.1 Å². The summed E-state index contributed by atoms with van der Waals surface area (Å²) in [4.78, 5) is 0. The van der Waals surface area contributed by atoms with E-state index in [1.54, 1.807) is 0 Å². The van der Waals surface area contributed by atoms with Crippen LogP contribution in [-0.4, -0.2) is 14.8 Å². The van der Waals surface area contributed by atoms with E-state index < -0.39 is 0 Å². The molecule has 1 aliphatic heterocycles. The third-order valence-corrected chi connectivity index (χ3v) is 5.34. The van der Waals surface area contributed by atoms with Gasteiger partial charge in [-0.15, -0.1) is 10.2 Å². The summed E-state index contributed by atoms with van der Waals surface area (Å²) in [6, 6.07) is 21.2. The van der Waals surface area contributed by atoms with Crippen LogP contribution >= 0.6 is 11.8 Å². The Hall–Kier alpha value is -2.07. The normalized spacial score (nSPS) is 17.2. The van der Waals surface area contributed by atoms with Gasteiger partial charge in [-0.05, 0) is 17.5 Å². The molecule has 0 amide bonds. The molecule has 1 atom stereocenters. The Morgan fingerprint density at radius 1 is 0.955 bits per heavy atom. The van der Waals surface area contributed by atoms with Crippen LogP contribution in [0.1, 0.15) is 28.6 Å². The maximum atomic E-state index is 4.41. The SMILES string of the molecule is c1ccc(Cc2nnc3n2CC[C@H](c2ccccc2)S3)cc1. The standard InChI is InChI=1S/C18H17N3S/c1-3-7-14(8-4-1)13-17-19-20-18-21(17)12-11-16(22-18)15-9-5-2-6-10-15/h1-10,16H,11-13H2/t16-/m1/s1. The second kappa shape index (κ2) is 5.97. The molecule has 0 aliphatic carbocycles. The van der Waals surface area contributed by atoms with Gasteiger partial charge in [-0.2, -0.15) is 0 Å². The summed E-state index contributed by atoms with van der Waals surface area (Å²) in [5.74, 6) is 1.07. The molecule has 4 rings (SSSR count). The third-order valence-electron chi connectivity index (χ3n) is 4.03. The molecule has 3 nitrogen and oxygen atoms in total. The van der Waals surface area contributed by atoms with E-state index in [9.17, 15) is 0 Å². The maximum absolute atomic E-state index is 4.41. The molecule has 4 heteroatoms. The Morgan fingerprint density at radius 3 is 2.45 bits per heavy atom. The van der Waals surface area contributed by atoms with Gasteiger partial charge in [0.05, 0.1) is 0 Å². The van der Waals surface area contributed by atoms with Gasteiger partial charge in [0.15, 0.2) is 5.16 Å². The Morgan fingerprint density at radius 2 is 1.68 bits per heavy atom. The van der Waals surface area contributed by atoms with Crippen molar-refractivity contribution < 1.29 is 0 Å². The fourth-order valence-corrected chi connectivity index (χ4v) is 4.06. The van der Waals surface area contributed by atoms with Crippen LogP contribution in [0.2, 0.25) is 0 Å². The number of hydrogen-bond acceptors (Lipinski definition) is 3. The lowest BCUT2D eigenvalue weighted by atomic mass is 10.1. The number of thioether (sulfide) groups is 1. The first-order valence-electron chi connectivity index (χ1n) is 7.58. The fourth-order valence-electron chi connectivity index (χ4n) is 2.87. The zero-order valence-electron chi connectivity index (χ0n) is 12.2. The van der Waals surface area contributed by atoms with Crippen molar-refractivity contribution >= 4 is 11.8 Å². The summed E-state index contributed by atoms with van der Waals surface area (Å²) in [5, 5.41) is 10.4. The minimum atomic E-state index is 0.488. The molecule has 0 spiro atoms. The number of benzene rings is 2. The summed E-state index contributed by atoms with van der Waals surface area (Å²) in [6.45, 7) is 0.997. The molecule has 110 valence electrons. The minimum Gasteiger partial charge on any atom is -0.306 e. The summed E-state index contributed by atoms with van der Waals surface area (Å²) < 4.78 is 2.27. The molecule has 0 N–H and O–H groups in total. The van der Waals surface area contributed by atoms with Crippen LogP contribution in [0.4, 0.5) is 0 Å². The first-order valence-corrected chi connectivity index (χ1v) is 8.46. The molecule has 22 heavy (non-hydrogen) atoms. The van der Waals surface area contributed by atoms with Gasteiger partial charge in [0.25, 0.3) is 0 Å². The Kier molecular flexibility index (Phi) is 3.69. The van der Waals surface area contributed by atoms with E-state index in [2.05, 4.69) is 69.4 Å². The molecule has 0 saturated carbocycles. The average Bonchev–Trinajstić information content (AvgIpc) is 2.99. The van der Waals surface area contributed by atoms with E-state index in [0.717, 1.165) is 30.4 Å². The van der Waals surface area contributed by atoms with Crippen molar-refractivity contribution in [1.82, 2.24) is 14.8 Å². The highest BCUT2D eigenvalue weighted by Gasteiger charge is 2.24. The van der Waals surface area contributed by atoms with Gasteiger partial charge >= 0.3 is 0 Å². The molecule has 2 aromatic carbocycles. The van der Waals surface area contributed by atoms with Crippen molar-refractivity contribution in [3.8, 4) is 0 Å². The van der Waals surface area contributed by atoms with Crippen molar-refractivity contribution in [3.63, 3.8) is 0 Å². The Bertz CT molecular complexity index is 753. The van der Waals surface area contributed by atoms with Gasteiger partial charge in [-0.1, -0.05) is 72.4 Å². The Labute approximate surface area is 134 Å². The highest BCUT2D eigenvalue weighted by atomic mass is 32.2. The predicted octanol–water partition coefficient (Wildman–Crippen LogP) is 4.11. The number of nitrogens with zero attached hydrogens (tertiary/aromatic N) is 3. The van der Waals surface area contributed by atoms with Gasteiger partial charge in [-0.25, -0.2) is 0 Å². The van der Waals surface area contributed by atoms with Gasteiger partial charge in [0.1, 0.15) is 5.82 Å². The number of fused-ring (bicyclic) bond motifs is 1. The topological polar surface area (TPSA) is 30.7 Å². The molecular weight excluding hydrogens is 290 g/mol. The van der Waals surface area contributed by atoms with Gasteiger partial charge < -0.3 is 4.57 Å². The largest absolute Gasteiger partial charge is 0.306 e. The van der Waals surface area contributed by atoms with Crippen molar-refractivity contribution in [2.24, 2.45) is 0 Å². The summed E-state index contributed by atoms with van der Waals surface area (Å²) >= 11 is 1.83. The second-order valence-corrected chi connectivity index (χ2v) is 6.69. The van der Waals surface area contributed by atoms with Crippen molar-refractivity contribution in [1.29, 1.82) is 0 Å². The lowest BCUT2D eigenvalue weighted by Crippen LogP contribution is -2.13. The van der Waals surface area contributed by atoms with Crippen LogP contribution in [0.3, 0.4) is 0 Å². The second-order valence-electron chi connectivity index (χ2n) is 5.52. The van der Waals surface area contributed by atoms with Crippen molar-refractivity contribution in [2.75, 3.05) is 0 Å². The summed E-state index contributed by atoms with van der Waals surface area (Å²) in [7, 11) is 0. The highest BCUT2D eigenvalue weighted by molar-refractivity contribution is 7.99. The lowest BCUT2D eigenvalue weighted by molar-refractivity contribution is 0.549. The molecule has 0 saturated heterocycles. The zero-order chi connectivity index (χ0) is 14.8. The molecule has 0 fully saturated rings. The first-order chi connectivity index (χ1) is 10.9. The minimum absolute atomic E-state index is 0.488. The number of hydrogen-bond donors (Lipinski definition) is 0. The van der Waals surface area contributed by atoms with Crippen LogP contribution in [0, 0.1) is 0 Å². The molecule has 1 aromatic heterocycles. The van der Waals surface area contributed by atoms with E-state index in [4.69, 9.17) is 0 Å². The third kappa shape index (κ3) is 2.66. The molecule has 1 aliphatic rings. The van der Waals surface area contributed by atoms with Crippen molar-refractivity contribution in [3.05, 3.63) is 77.6 Å². The quantitative estimate of drug-likeness (QED) is 0.729. The van der Waals surface area contributed by atoms with Gasteiger partial charge in [0, 0.05) is 18.2 Å².